The van der Waals surface area contributed by atoms with Crippen LogP contribution in [0.3, 0.4) is 0 Å². The molecule has 3 nitrogen and oxygen atoms in total. The first-order valence-corrected chi connectivity index (χ1v) is 7.09. The van der Waals surface area contributed by atoms with Crippen molar-refractivity contribution in [1.29, 1.82) is 0 Å². The zero-order valence-corrected chi connectivity index (χ0v) is 12.4. The monoisotopic (exact) mass is 277 g/mol. The maximum Gasteiger partial charge on any atom is 0.0725 e. The summed E-state index contributed by atoms with van der Waals surface area (Å²) in [7, 11) is 0. The first kappa shape index (κ1) is 13.4. The van der Waals surface area contributed by atoms with Gasteiger partial charge in [-0.1, -0.05) is 30.3 Å². The van der Waals surface area contributed by atoms with E-state index in [2.05, 4.69) is 35.4 Å². The summed E-state index contributed by atoms with van der Waals surface area (Å²) in [5.41, 5.74) is 12.3. The van der Waals surface area contributed by atoms with E-state index in [-0.39, 0.29) is 0 Å². The molecule has 2 aromatic carbocycles. The van der Waals surface area contributed by atoms with E-state index in [1.165, 1.54) is 5.56 Å². The fourth-order valence-corrected chi connectivity index (χ4v) is 2.54. The first-order chi connectivity index (χ1) is 10.1. The highest BCUT2D eigenvalue weighted by Crippen LogP contribution is 2.24. The molecule has 0 saturated carbocycles. The lowest BCUT2D eigenvalue weighted by atomic mass is 10.1. The molecule has 0 unspecified atom stereocenters. The van der Waals surface area contributed by atoms with Gasteiger partial charge >= 0.3 is 0 Å². The van der Waals surface area contributed by atoms with Gasteiger partial charge in [0.05, 0.1) is 5.52 Å². The normalized spacial score (nSPS) is 10.8. The number of aryl methyl sites for hydroxylation is 1. The van der Waals surface area contributed by atoms with Gasteiger partial charge in [0.25, 0.3) is 0 Å². The number of nitrogen functional groups attached to an aromatic ring is 1. The molecular weight excluding hydrogens is 258 g/mol. The van der Waals surface area contributed by atoms with E-state index in [1.807, 2.05) is 37.3 Å². The van der Waals surface area contributed by atoms with Crippen LogP contribution < -0.4 is 11.1 Å². The van der Waals surface area contributed by atoms with Gasteiger partial charge in [-0.25, -0.2) is 0 Å². The molecule has 3 rings (SSSR count). The van der Waals surface area contributed by atoms with Crippen molar-refractivity contribution in [3.8, 4) is 0 Å². The van der Waals surface area contributed by atoms with Crippen LogP contribution in [0.4, 0.5) is 11.4 Å². The predicted octanol–water partition coefficient (Wildman–Crippen LogP) is 4.05. The molecule has 1 heterocycles. The Morgan fingerprint density at radius 1 is 1.05 bits per heavy atom. The lowest BCUT2D eigenvalue weighted by Gasteiger charge is -2.13. The number of hydrogen-bond donors (Lipinski definition) is 2. The highest BCUT2D eigenvalue weighted by molar-refractivity contribution is 5.91. The Hall–Kier alpha value is -2.55. The number of pyridine rings is 1. The Kier molecular flexibility index (Phi) is 3.48. The molecular formula is C18H19N3. The van der Waals surface area contributed by atoms with Crippen LogP contribution in [0.5, 0.6) is 0 Å². The summed E-state index contributed by atoms with van der Waals surface area (Å²) in [5.74, 6) is 0. The van der Waals surface area contributed by atoms with Crippen molar-refractivity contribution in [2.24, 2.45) is 0 Å². The number of nitrogens with two attached hydrogens (primary N) is 1. The quantitative estimate of drug-likeness (QED) is 0.710. The molecule has 0 atom stereocenters. The van der Waals surface area contributed by atoms with Crippen molar-refractivity contribution in [3.05, 3.63) is 65.4 Å². The van der Waals surface area contributed by atoms with Crippen LogP contribution in [0.15, 0.2) is 48.5 Å². The lowest BCUT2D eigenvalue weighted by Crippen LogP contribution is -2.04. The Labute approximate surface area is 124 Å². The number of aromatic nitrogens is 1. The zero-order chi connectivity index (χ0) is 14.8. The Bertz CT molecular complexity index is 794. The highest BCUT2D eigenvalue weighted by Gasteiger charge is 2.05. The van der Waals surface area contributed by atoms with E-state index < -0.39 is 0 Å². The van der Waals surface area contributed by atoms with E-state index in [1.54, 1.807) is 0 Å². The number of anilines is 2. The molecule has 3 heteroatoms. The maximum atomic E-state index is 5.97. The van der Waals surface area contributed by atoms with Crippen molar-refractivity contribution in [3.63, 3.8) is 0 Å². The van der Waals surface area contributed by atoms with Crippen molar-refractivity contribution in [2.45, 2.75) is 20.4 Å². The summed E-state index contributed by atoms with van der Waals surface area (Å²) in [6.45, 7) is 4.83. The number of rotatable bonds is 3. The van der Waals surface area contributed by atoms with Gasteiger partial charge in [0.2, 0.25) is 0 Å². The highest BCUT2D eigenvalue weighted by atomic mass is 14.9. The molecule has 0 aliphatic rings. The van der Waals surface area contributed by atoms with Crippen molar-refractivity contribution >= 4 is 22.3 Å². The van der Waals surface area contributed by atoms with Gasteiger partial charge in [0, 0.05) is 29.0 Å². The van der Waals surface area contributed by atoms with Crippen LogP contribution in [0, 0.1) is 13.8 Å². The Balaban J connectivity index is 1.93. The van der Waals surface area contributed by atoms with Crippen LogP contribution in [-0.4, -0.2) is 4.98 Å². The molecule has 106 valence electrons. The summed E-state index contributed by atoms with van der Waals surface area (Å²) in [6, 6.07) is 16.3. The second kappa shape index (κ2) is 5.44. The summed E-state index contributed by atoms with van der Waals surface area (Å²) < 4.78 is 0. The van der Waals surface area contributed by atoms with E-state index in [0.717, 1.165) is 40.1 Å². The van der Waals surface area contributed by atoms with Crippen LogP contribution >= 0.6 is 0 Å². The molecule has 0 bridgehead atoms. The molecule has 0 radical (unpaired) electrons. The standard InChI is InChI=1S/C18H19N3/c1-12-10-18(15-7-3-4-9-17(15)21-12)20-11-14-6-5-8-16(19)13(14)2/h3-10H,11,19H2,1-2H3,(H,20,21). The van der Waals surface area contributed by atoms with Crippen LogP contribution in [0.2, 0.25) is 0 Å². The SMILES string of the molecule is Cc1cc(NCc2cccc(N)c2C)c2ccccc2n1. The number of nitrogens with one attached hydrogen (secondary N) is 1. The number of para-hydroxylation sites is 1. The van der Waals surface area contributed by atoms with Gasteiger partial charge in [-0.15, -0.1) is 0 Å². The third kappa shape index (κ3) is 2.68. The van der Waals surface area contributed by atoms with E-state index in [9.17, 15) is 0 Å². The van der Waals surface area contributed by atoms with Gasteiger partial charge in [0.15, 0.2) is 0 Å². The maximum absolute atomic E-state index is 5.97. The number of fused-ring (bicyclic) bond motifs is 1. The summed E-state index contributed by atoms with van der Waals surface area (Å²) in [4.78, 5) is 4.56. The summed E-state index contributed by atoms with van der Waals surface area (Å²) in [5, 5.41) is 4.66. The minimum Gasteiger partial charge on any atom is -0.399 e. The zero-order valence-electron chi connectivity index (χ0n) is 12.4. The molecule has 0 amide bonds. The van der Waals surface area contributed by atoms with Gasteiger partial charge in [-0.3, -0.25) is 4.98 Å². The van der Waals surface area contributed by atoms with Crippen molar-refractivity contribution in [1.82, 2.24) is 4.98 Å². The molecule has 0 fully saturated rings. The topological polar surface area (TPSA) is 50.9 Å². The molecule has 0 saturated heterocycles. The molecule has 1 aromatic heterocycles. The van der Waals surface area contributed by atoms with E-state index in [4.69, 9.17) is 5.73 Å². The summed E-state index contributed by atoms with van der Waals surface area (Å²) >= 11 is 0. The molecule has 0 spiro atoms. The fourth-order valence-electron chi connectivity index (χ4n) is 2.54. The smallest absolute Gasteiger partial charge is 0.0725 e. The third-order valence-electron chi connectivity index (χ3n) is 3.80. The minimum absolute atomic E-state index is 0.754. The summed E-state index contributed by atoms with van der Waals surface area (Å²) in [6.07, 6.45) is 0. The largest absolute Gasteiger partial charge is 0.399 e. The second-order valence-electron chi connectivity index (χ2n) is 5.31. The van der Waals surface area contributed by atoms with Gasteiger partial charge in [-0.05, 0) is 43.2 Å². The van der Waals surface area contributed by atoms with Gasteiger partial charge in [0.1, 0.15) is 0 Å². The second-order valence-corrected chi connectivity index (χ2v) is 5.31. The molecule has 3 N–H and O–H groups in total. The van der Waals surface area contributed by atoms with E-state index >= 15 is 0 Å². The molecule has 0 aliphatic carbocycles. The molecule has 3 aromatic rings. The number of benzene rings is 2. The van der Waals surface area contributed by atoms with E-state index in [0.29, 0.717) is 0 Å². The average molecular weight is 277 g/mol. The average Bonchev–Trinajstić information content (AvgIpc) is 2.48. The minimum atomic E-state index is 0.754. The Morgan fingerprint density at radius 2 is 1.86 bits per heavy atom. The van der Waals surface area contributed by atoms with Gasteiger partial charge in [-0.2, -0.15) is 0 Å². The van der Waals surface area contributed by atoms with Crippen LogP contribution in [0.1, 0.15) is 16.8 Å². The fraction of sp³-hybridized carbons (Fsp3) is 0.167. The third-order valence-corrected chi connectivity index (χ3v) is 3.80. The van der Waals surface area contributed by atoms with Gasteiger partial charge < -0.3 is 11.1 Å². The Morgan fingerprint density at radius 3 is 2.71 bits per heavy atom. The molecule has 21 heavy (non-hydrogen) atoms. The lowest BCUT2D eigenvalue weighted by molar-refractivity contribution is 1.12. The predicted molar refractivity (Wildman–Crippen MR) is 89.4 cm³/mol. The van der Waals surface area contributed by atoms with Crippen molar-refractivity contribution < 1.29 is 0 Å². The van der Waals surface area contributed by atoms with Crippen molar-refractivity contribution in [2.75, 3.05) is 11.1 Å². The van der Waals surface area contributed by atoms with Crippen LogP contribution in [-0.2, 0) is 6.54 Å². The number of hydrogen-bond acceptors (Lipinski definition) is 3. The molecule has 0 aliphatic heterocycles. The van der Waals surface area contributed by atoms with Crippen LogP contribution in [0.25, 0.3) is 10.9 Å². The number of nitrogens with zero attached hydrogens (tertiary/aromatic N) is 1. The first-order valence-electron chi connectivity index (χ1n) is 7.09.